The van der Waals surface area contributed by atoms with E-state index >= 15 is 0 Å². The van der Waals surface area contributed by atoms with Crippen LogP contribution in [-0.2, 0) is 0 Å². The Kier molecular flexibility index (Phi) is 3.53. The summed E-state index contributed by atoms with van der Waals surface area (Å²) in [5.74, 6) is 1.99. The summed E-state index contributed by atoms with van der Waals surface area (Å²) in [6, 6.07) is 7.33. The first-order valence-electron chi connectivity index (χ1n) is 5.86. The van der Waals surface area contributed by atoms with Crippen LogP contribution in [0.15, 0.2) is 30.5 Å². The molecule has 96 valence electrons. The highest BCUT2D eigenvalue weighted by Gasteiger charge is 2.14. The molecule has 1 aromatic carbocycles. The first-order chi connectivity index (χ1) is 9.15. The number of nitrogens with one attached hydrogen (secondary N) is 1. The van der Waals surface area contributed by atoms with Crippen molar-refractivity contribution in [3.8, 4) is 18.0 Å². The smallest absolute Gasteiger partial charge is 0.271 e. The lowest BCUT2D eigenvalue weighted by atomic mass is 10.2. The van der Waals surface area contributed by atoms with Crippen LogP contribution in [0.1, 0.15) is 23.0 Å². The van der Waals surface area contributed by atoms with Gasteiger partial charge in [0, 0.05) is 12.1 Å². The minimum atomic E-state index is -0.567. The van der Waals surface area contributed by atoms with Crippen molar-refractivity contribution in [1.82, 2.24) is 9.78 Å². The summed E-state index contributed by atoms with van der Waals surface area (Å²) in [5, 5.41) is 7.24. The Morgan fingerprint density at radius 3 is 3.00 bits per heavy atom. The molecule has 0 atom stereocenters. The summed E-state index contributed by atoms with van der Waals surface area (Å²) in [4.78, 5) is 11.3. The molecule has 0 radical (unpaired) electrons. The molecule has 0 fully saturated rings. The Balaban J connectivity index is 2.48. The molecule has 0 saturated carbocycles. The molecule has 1 heterocycles. The Hall–Kier alpha value is -2.74. The second kappa shape index (κ2) is 5.27. The summed E-state index contributed by atoms with van der Waals surface area (Å²) in [7, 11) is 0. The highest BCUT2D eigenvalue weighted by atomic mass is 16.1. The quantitative estimate of drug-likeness (QED) is 0.810. The minimum absolute atomic E-state index is 0.216. The Morgan fingerprint density at radius 2 is 2.37 bits per heavy atom. The second-order valence-electron chi connectivity index (χ2n) is 3.93. The lowest BCUT2D eigenvalue weighted by molar-refractivity contribution is 0.0996. The molecule has 0 bridgehead atoms. The number of anilines is 1. The molecular weight excluding hydrogens is 240 g/mol. The van der Waals surface area contributed by atoms with Crippen LogP contribution in [0.5, 0.6) is 0 Å². The lowest BCUT2D eigenvalue weighted by Gasteiger charge is -2.01. The molecule has 5 heteroatoms. The van der Waals surface area contributed by atoms with Gasteiger partial charge >= 0.3 is 0 Å². The van der Waals surface area contributed by atoms with Gasteiger partial charge in [-0.05, 0) is 25.1 Å². The number of amides is 1. The minimum Gasteiger partial charge on any atom is -0.382 e. The van der Waals surface area contributed by atoms with Crippen molar-refractivity contribution in [2.24, 2.45) is 5.73 Å². The van der Waals surface area contributed by atoms with E-state index in [0.717, 1.165) is 11.3 Å². The molecule has 1 amide bonds. The maximum atomic E-state index is 11.3. The lowest BCUT2D eigenvalue weighted by Crippen LogP contribution is -2.14. The summed E-state index contributed by atoms with van der Waals surface area (Å²) in [6.45, 7) is 2.61. The molecule has 1 aromatic heterocycles. The second-order valence-corrected chi connectivity index (χ2v) is 3.93. The Labute approximate surface area is 111 Å². The molecule has 2 rings (SSSR count). The van der Waals surface area contributed by atoms with Gasteiger partial charge in [-0.2, -0.15) is 5.10 Å². The third kappa shape index (κ3) is 2.58. The van der Waals surface area contributed by atoms with Gasteiger partial charge in [0.2, 0.25) is 0 Å². The third-order valence-corrected chi connectivity index (χ3v) is 2.59. The number of hydrogen-bond acceptors (Lipinski definition) is 3. The van der Waals surface area contributed by atoms with Crippen LogP contribution >= 0.6 is 0 Å². The van der Waals surface area contributed by atoms with Crippen LogP contribution < -0.4 is 11.1 Å². The van der Waals surface area contributed by atoms with E-state index in [1.807, 2.05) is 31.2 Å². The molecular formula is C14H14N4O. The molecule has 3 N–H and O–H groups in total. The first kappa shape index (κ1) is 12.7. The van der Waals surface area contributed by atoms with Gasteiger partial charge in [0.1, 0.15) is 0 Å². The van der Waals surface area contributed by atoms with E-state index < -0.39 is 5.91 Å². The number of nitrogens with two attached hydrogens (primary N) is 1. The van der Waals surface area contributed by atoms with Crippen molar-refractivity contribution in [2.45, 2.75) is 6.92 Å². The van der Waals surface area contributed by atoms with Gasteiger partial charge < -0.3 is 11.1 Å². The summed E-state index contributed by atoms with van der Waals surface area (Å²) in [5.41, 5.74) is 7.66. The summed E-state index contributed by atoms with van der Waals surface area (Å²) >= 11 is 0. The number of carbonyl (C=O) groups is 1. The zero-order valence-electron chi connectivity index (χ0n) is 10.6. The van der Waals surface area contributed by atoms with Crippen molar-refractivity contribution in [1.29, 1.82) is 0 Å². The van der Waals surface area contributed by atoms with Gasteiger partial charge in [0.05, 0.1) is 17.6 Å². The molecule has 0 aliphatic carbocycles. The largest absolute Gasteiger partial charge is 0.382 e. The highest BCUT2D eigenvalue weighted by molar-refractivity contribution is 5.96. The molecule has 2 aromatic rings. The van der Waals surface area contributed by atoms with Crippen LogP contribution in [0.3, 0.4) is 0 Å². The fourth-order valence-corrected chi connectivity index (χ4v) is 1.75. The molecule has 0 aliphatic heterocycles. The number of benzene rings is 1. The van der Waals surface area contributed by atoms with Crippen LogP contribution in [-0.4, -0.2) is 22.2 Å². The number of nitrogens with zero attached hydrogens (tertiary/aromatic N) is 2. The average Bonchev–Trinajstić information content (AvgIpc) is 2.83. The maximum Gasteiger partial charge on any atom is 0.271 e. The SMILES string of the molecule is C#Cc1cccc(-n2cc(NCC)c(C(N)=O)n2)c1. The van der Waals surface area contributed by atoms with Crippen molar-refractivity contribution in [3.63, 3.8) is 0 Å². The van der Waals surface area contributed by atoms with Crippen molar-refractivity contribution < 1.29 is 4.79 Å². The fourth-order valence-electron chi connectivity index (χ4n) is 1.75. The summed E-state index contributed by atoms with van der Waals surface area (Å²) < 4.78 is 1.58. The number of rotatable bonds is 4. The predicted octanol–water partition coefficient (Wildman–Crippen LogP) is 1.38. The monoisotopic (exact) mass is 254 g/mol. The number of carbonyl (C=O) groups excluding carboxylic acids is 1. The van der Waals surface area contributed by atoms with Crippen LogP contribution in [0.25, 0.3) is 5.69 Å². The van der Waals surface area contributed by atoms with Gasteiger partial charge in [0.25, 0.3) is 5.91 Å². The number of primary amides is 1. The molecule has 5 nitrogen and oxygen atoms in total. The normalized spacial score (nSPS) is 9.89. The van der Waals surface area contributed by atoms with Crippen molar-refractivity contribution in [3.05, 3.63) is 41.7 Å². The molecule has 0 spiro atoms. The molecule has 19 heavy (non-hydrogen) atoms. The first-order valence-corrected chi connectivity index (χ1v) is 5.86. The number of hydrogen-bond donors (Lipinski definition) is 2. The molecule has 0 aliphatic rings. The Bertz CT molecular complexity index is 652. The van der Waals surface area contributed by atoms with E-state index in [1.165, 1.54) is 0 Å². The standard InChI is InChI=1S/C14H14N4O/c1-3-10-6-5-7-11(8-10)18-9-12(16-4-2)13(17-18)14(15)19/h1,5-9,16H,4H2,2H3,(H2,15,19). The van der Waals surface area contributed by atoms with E-state index in [2.05, 4.69) is 16.3 Å². The predicted molar refractivity (Wildman–Crippen MR) is 74.2 cm³/mol. The van der Waals surface area contributed by atoms with Crippen molar-refractivity contribution >= 4 is 11.6 Å². The Morgan fingerprint density at radius 1 is 1.58 bits per heavy atom. The van der Waals surface area contributed by atoms with Gasteiger partial charge in [-0.1, -0.05) is 12.0 Å². The number of terminal acetylenes is 1. The van der Waals surface area contributed by atoms with Crippen LogP contribution in [0.4, 0.5) is 5.69 Å². The van der Waals surface area contributed by atoms with Gasteiger partial charge in [-0.15, -0.1) is 6.42 Å². The molecule has 0 unspecified atom stereocenters. The average molecular weight is 254 g/mol. The zero-order valence-corrected chi connectivity index (χ0v) is 10.6. The van der Waals surface area contributed by atoms with Crippen LogP contribution in [0, 0.1) is 12.3 Å². The van der Waals surface area contributed by atoms with Gasteiger partial charge in [-0.25, -0.2) is 4.68 Å². The van der Waals surface area contributed by atoms with E-state index in [9.17, 15) is 4.79 Å². The third-order valence-electron chi connectivity index (χ3n) is 2.59. The van der Waals surface area contributed by atoms with Gasteiger partial charge in [-0.3, -0.25) is 4.79 Å². The topological polar surface area (TPSA) is 72.9 Å². The van der Waals surface area contributed by atoms with Gasteiger partial charge in [0.15, 0.2) is 5.69 Å². The summed E-state index contributed by atoms with van der Waals surface area (Å²) in [6.07, 6.45) is 7.08. The van der Waals surface area contributed by atoms with E-state index in [-0.39, 0.29) is 5.69 Å². The maximum absolute atomic E-state index is 11.3. The van der Waals surface area contributed by atoms with Crippen molar-refractivity contribution in [2.75, 3.05) is 11.9 Å². The van der Waals surface area contributed by atoms with E-state index in [4.69, 9.17) is 12.2 Å². The highest BCUT2D eigenvalue weighted by Crippen LogP contribution is 2.17. The van der Waals surface area contributed by atoms with E-state index in [0.29, 0.717) is 12.2 Å². The fraction of sp³-hybridized carbons (Fsp3) is 0.143. The zero-order chi connectivity index (χ0) is 13.8. The van der Waals surface area contributed by atoms with Crippen LogP contribution in [0.2, 0.25) is 0 Å². The number of aromatic nitrogens is 2. The molecule has 0 saturated heterocycles. The van der Waals surface area contributed by atoms with E-state index in [1.54, 1.807) is 10.9 Å².